The molecule has 4 nitrogen and oxygen atoms in total. The van der Waals surface area contributed by atoms with Crippen LogP contribution >= 0.6 is 0 Å². The van der Waals surface area contributed by atoms with Crippen molar-refractivity contribution in [3.63, 3.8) is 0 Å². The van der Waals surface area contributed by atoms with Crippen LogP contribution in [-0.4, -0.2) is 9.13 Å². The van der Waals surface area contributed by atoms with Crippen molar-refractivity contribution in [2.45, 2.75) is 37.6 Å². The number of hydrogen-bond donors (Lipinski definition) is 0. The molecule has 2 aliphatic rings. The maximum Gasteiger partial charge on any atom is 0.0644 e. The van der Waals surface area contributed by atoms with Gasteiger partial charge < -0.3 is 18.9 Å². The second kappa shape index (κ2) is 18.2. The third kappa shape index (κ3) is 7.51. The molecule has 14 rings (SSSR count). The average Bonchev–Trinajstić information content (AvgIpc) is 4.18. The highest BCUT2D eigenvalue weighted by Crippen LogP contribution is 2.49. The monoisotopic (exact) mass is 976 g/mol. The standard InChI is InChI=1S/C72H56N4/c1-71(53-23-11-4-12-24-53)46-45-65-64(50-71)70-62-39-42-68-69(61(62)38-41-67(70)75(65)59-36-34-58(35-37-59)73(54-25-13-5-14-26-54)55-27-15-6-16-28-55)63-49-52(51-21-9-3-10-22-51)33-40-66(63)76(68)72(2)47-43-60(44-48-72)74(56-29-17-7-18-30-56)57-31-19-8-20-32-57/h3-47,49H,48,50H2,1-2H3. The van der Waals surface area contributed by atoms with Crippen LogP contribution in [0.3, 0.4) is 0 Å². The number of rotatable bonds is 10. The number of para-hydroxylation sites is 4. The van der Waals surface area contributed by atoms with Crippen LogP contribution < -0.4 is 9.80 Å². The van der Waals surface area contributed by atoms with E-state index in [1.54, 1.807) is 0 Å². The molecule has 2 heterocycles. The summed E-state index contributed by atoms with van der Waals surface area (Å²) in [6.07, 6.45) is 13.7. The Bertz CT molecular complexity index is 4130. The zero-order valence-electron chi connectivity index (χ0n) is 42.8. The van der Waals surface area contributed by atoms with Crippen molar-refractivity contribution in [2.75, 3.05) is 9.80 Å². The summed E-state index contributed by atoms with van der Waals surface area (Å²) in [7, 11) is 0. The molecule has 76 heavy (non-hydrogen) atoms. The van der Waals surface area contributed by atoms with E-state index in [9.17, 15) is 0 Å². The first-order chi connectivity index (χ1) is 37.4. The molecular formula is C72H56N4. The molecule has 0 bridgehead atoms. The highest BCUT2D eigenvalue weighted by molar-refractivity contribution is 6.26. The van der Waals surface area contributed by atoms with Crippen LogP contribution in [0.2, 0.25) is 0 Å². The molecule has 0 saturated carbocycles. The number of anilines is 5. The summed E-state index contributed by atoms with van der Waals surface area (Å²) in [4.78, 5) is 4.70. The van der Waals surface area contributed by atoms with Crippen molar-refractivity contribution in [3.8, 4) is 16.8 Å². The van der Waals surface area contributed by atoms with Crippen molar-refractivity contribution < 1.29 is 0 Å². The zero-order valence-corrected chi connectivity index (χ0v) is 42.8. The Morgan fingerprint density at radius 2 is 0.921 bits per heavy atom. The average molecular weight is 977 g/mol. The van der Waals surface area contributed by atoms with Gasteiger partial charge in [0.2, 0.25) is 0 Å². The molecule has 0 amide bonds. The lowest BCUT2D eigenvalue weighted by Crippen LogP contribution is -2.30. The minimum atomic E-state index is -0.359. The third-order valence-electron chi connectivity index (χ3n) is 16.2. The van der Waals surface area contributed by atoms with Gasteiger partial charge in [0.15, 0.2) is 0 Å². The highest BCUT2D eigenvalue weighted by Gasteiger charge is 2.34. The second-order valence-electron chi connectivity index (χ2n) is 21.0. The van der Waals surface area contributed by atoms with E-state index in [-0.39, 0.29) is 11.0 Å². The molecular weight excluding hydrogens is 921 g/mol. The fourth-order valence-corrected chi connectivity index (χ4v) is 12.5. The number of benzene rings is 10. The predicted molar refractivity (Wildman–Crippen MR) is 321 cm³/mol. The van der Waals surface area contributed by atoms with Gasteiger partial charge in [0, 0.05) is 72.6 Å². The molecule has 2 unspecified atom stereocenters. The van der Waals surface area contributed by atoms with Gasteiger partial charge in [-0.05, 0) is 162 Å². The Kier molecular flexibility index (Phi) is 10.9. The summed E-state index contributed by atoms with van der Waals surface area (Å²) in [5.74, 6) is 0. The van der Waals surface area contributed by atoms with Crippen molar-refractivity contribution >= 4 is 78.0 Å². The smallest absolute Gasteiger partial charge is 0.0644 e. The van der Waals surface area contributed by atoms with Crippen LogP contribution in [0, 0.1) is 0 Å². The van der Waals surface area contributed by atoms with E-state index in [1.165, 1.54) is 77.1 Å². The van der Waals surface area contributed by atoms with E-state index in [0.717, 1.165) is 47.0 Å². The summed E-state index contributed by atoms with van der Waals surface area (Å²) in [5, 5.41) is 6.42. The quantitative estimate of drug-likeness (QED) is 0.136. The van der Waals surface area contributed by atoms with E-state index >= 15 is 0 Å². The molecule has 0 fully saturated rings. The summed E-state index contributed by atoms with van der Waals surface area (Å²) >= 11 is 0. The Morgan fingerprint density at radius 1 is 0.408 bits per heavy atom. The topological polar surface area (TPSA) is 16.3 Å². The van der Waals surface area contributed by atoms with Crippen LogP contribution in [0.1, 0.15) is 37.1 Å². The van der Waals surface area contributed by atoms with Crippen LogP contribution in [-0.2, 0) is 17.4 Å². The van der Waals surface area contributed by atoms with Crippen LogP contribution in [0.5, 0.6) is 0 Å². The SMILES string of the molecule is CC1(c2ccccc2)C=Cc2c(c3c4ccc5c(c4ccc3n2-c2ccc(N(c3ccccc3)c3ccccc3)cc2)c2cc(-c3ccccc3)ccc2n5C2(C)C=CC(N(c3ccccc3)c3ccccc3)=CC2)C1. The van der Waals surface area contributed by atoms with Crippen molar-refractivity contribution in [2.24, 2.45) is 0 Å². The van der Waals surface area contributed by atoms with Gasteiger partial charge in [0.25, 0.3) is 0 Å². The van der Waals surface area contributed by atoms with Crippen molar-refractivity contribution in [1.82, 2.24) is 9.13 Å². The summed E-state index contributed by atoms with van der Waals surface area (Å²) in [5.41, 5.74) is 17.4. The number of aromatic nitrogens is 2. The first kappa shape index (κ1) is 45.3. The molecule has 0 radical (unpaired) electrons. The Hall–Kier alpha value is -9.38. The Balaban J connectivity index is 0.965. The molecule has 10 aromatic carbocycles. The van der Waals surface area contributed by atoms with E-state index in [2.05, 4.69) is 312 Å². The first-order valence-corrected chi connectivity index (χ1v) is 26.6. The number of nitrogens with zero attached hydrogens (tertiary/aromatic N) is 4. The molecule has 0 N–H and O–H groups in total. The minimum absolute atomic E-state index is 0.194. The summed E-state index contributed by atoms with van der Waals surface area (Å²) < 4.78 is 5.14. The van der Waals surface area contributed by atoms with E-state index in [0.29, 0.717) is 0 Å². The molecule has 2 aliphatic carbocycles. The van der Waals surface area contributed by atoms with E-state index in [1.807, 2.05) is 0 Å². The van der Waals surface area contributed by atoms with Gasteiger partial charge in [-0.3, -0.25) is 0 Å². The van der Waals surface area contributed by atoms with Crippen LogP contribution in [0.4, 0.5) is 28.4 Å². The van der Waals surface area contributed by atoms with Gasteiger partial charge in [-0.25, -0.2) is 0 Å². The number of fused-ring (bicyclic) bond motifs is 9. The van der Waals surface area contributed by atoms with Crippen molar-refractivity contribution in [1.29, 1.82) is 0 Å². The number of allylic oxidation sites excluding steroid dienone is 4. The van der Waals surface area contributed by atoms with Gasteiger partial charge >= 0.3 is 0 Å². The molecule has 2 aromatic heterocycles. The van der Waals surface area contributed by atoms with Crippen LogP contribution in [0.25, 0.3) is 66.4 Å². The molecule has 0 spiro atoms. The molecule has 0 aliphatic heterocycles. The number of hydrogen-bond acceptors (Lipinski definition) is 2. The van der Waals surface area contributed by atoms with Gasteiger partial charge in [-0.1, -0.05) is 177 Å². The zero-order chi connectivity index (χ0) is 50.8. The lowest BCUT2D eigenvalue weighted by molar-refractivity contribution is 0.435. The maximum atomic E-state index is 2.63. The first-order valence-electron chi connectivity index (χ1n) is 26.6. The lowest BCUT2D eigenvalue weighted by Gasteiger charge is -2.35. The Morgan fingerprint density at radius 3 is 1.50 bits per heavy atom. The molecule has 364 valence electrons. The third-order valence-corrected chi connectivity index (χ3v) is 16.2. The summed E-state index contributed by atoms with van der Waals surface area (Å²) in [6.45, 7) is 4.81. The molecule has 0 saturated heterocycles. The lowest BCUT2D eigenvalue weighted by atomic mass is 9.73. The summed E-state index contributed by atoms with van der Waals surface area (Å²) in [6, 6.07) is 90.6. The van der Waals surface area contributed by atoms with Gasteiger partial charge in [-0.2, -0.15) is 0 Å². The van der Waals surface area contributed by atoms with E-state index < -0.39 is 0 Å². The second-order valence-corrected chi connectivity index (χ2v) is 21.0. The van der Waals surface area contributed by atoms with Crippen LogP contribution in [0.15, 0.2) is 279 Å². The van der Waals surface area contributed by atoms with Gasteiger partial charge in [0.1, 0.15) is 0 Å². The fourth-order valence-electron chi connectivity index (χ4n) is 12.5. The fraction of sp³-hybridized carbons (Fsp3) is 0.0833. The van der Waals surface area contributed by atoms with E-state index in [4.69, 9.17) is 0 Å². The minimum Gasteiger partial charge on any atom is -0.331 e. The Labute approximate surface area is 444 Å². The predicted octanol–water partition coefficient (Wildman–Crippen LogP) is 19.0. The maximum absolute atomic E-state index is 2.63. The molecule has 2 atom stereocenters. The highest BCUT2D eigenvalue weighted by atomic mass is 15.2. The molecule has 12 aromatic rings. The van der Waals surface area contributed by atoms with Gasteiger partial charge in [0.05, 0.1) is 16.6 Å². The molecule has 4 heteroatoms. The van der Waals surface area contributed by atoms with Gasteiger partial charge in [-0.15, -0.1) is 0 Å². The van der Waals surface area contributed by atoms with Crippen molar-refractivity contribution in [3.05, 3.63) is 296 Å². The normalized spacial score (nSPS) is 17.1. The largest absolute Gasteiger partial charge is 0.331 e.